The van der Waals surface area contributed by atoms with Crippen molar-refractivity contribution in [3.05, 3.63) is 58.8 Å². The number of aromatic nitrogens is 3. The first kappa shape index (κ1) is 19.4. The van der Waals surface area contributed by atoms with Crippen LogP contribution in [0.5, 0.6) is 0 Å². The fourth-order valence-corrected chi connectivity index (χ4v) is 2.94. The second-order valence-corrected chi connectivity index (χ2v) is 6.80. The summed E-state index contributed by atoms with van der Waals surface area (Å²) in [6, 6.07) is 6.01. The van der Waals surface area contributed by atoms with Gasteiger partial charge in [-0.1, -0.05) is 17.7 Å². The van der Waals surface area contributed by atoms with Gasteiger partial charge in [0.05, 0.1) is 11.1 Å². The molecule has 2 heterocycles. The number of hydrogen-bond donors (Lipinski definition) is 3. The van der Waals surface area contributed by atoms with Crippen LogP contribution in [0.2, 0.25) is 5.02 Å². The number of aliphatic hydroxyl groups is 1. The second-order valence-electron chi connectivity index (χ2n) is 6.40. The molecular formula is C18H20ClFN6O. The van der Waals surface area contributed by atoms with E-state index in [1.54, 1.807) is 12.1 Å². The molecule has 0 aliphatic heterocycles. The Kier molecular flexibility index (Phi) is 5.81. The van der Waals surface area contributed by atoms with E-state index >= 15 is 0 Å². The van der Waals surface area contributed by atoms with Gasteiger partial charge in [0.15, 0.2) is 5.82 Å². The number of rotatable bonds is 6. The summed E-state index contributed by atoms with van der Waals surface area (Å²) in [5.41, 5.74) is 7.70. The lowest BCUT2D eigenvalue weighted by Gasteiger charge is -2.24. The lowest BCUT2D eigenvalue weighted by molar-refractivity contribution is 0.187. The summed E-state index contributed by atoms with van der Waals surface area (Å²) in [5, 5.41) is 13.1. The molecule has 1 unspecified atom stereocenters. The summed E-state index contributed by atoms with van der Waals surface area (Å²) in [6.45, 7) is 0.575. The zero-order chi connectivity index (χ0) is 19.6. The Morgan fingerprint density at radius 2 is 2.00 bits per heavy atom. The monoisotopic (exact) mass is 390 g/mol. The molecule has 0 fully saturated rings. The van der Waals surface area contributed by atoms with E-state index in [1.807, 2.05) is 19.0 Å². The molecule has 2 aromatic heterocycles. The van der Waals surface area contributed by atoms with Crippen molar-refractivity contribution in [2.45, 2.75) is 12.3 Å². The molecule has 3 aromatic rings. The Bertz CT molecular complexity index is 952. The number of aliphatic hydroxyl groups excluding tert-OH is 1. The first-order valence-corrected chi connectivity index (χ1v) is 8.64. The first-order chi connectivity index (χ1) is 12.9. The zero-order valence-corrected chi connectivity index (χ0v) is 15.7. The van der Waals surface area contributed by atoms with Crippen LogP contribution in [0, 0.1) is 5.82 Å². The van der Waals surface area contributed by atoms with Gasteiger partial charge in [0.2, 0.25) is 0 Å². The van der Waals surface area contributed by atoms with Crippen LogP contribution in [-0.4, -0.2) is 45.6 Å². The average Bonchev–Trinajstić information content (AvgIpc) is 2.62. The fraction of sp³-hybridized carbons (Fsp3) is 0.278. The number of nitrogens with two attached hydrogens (primary N) is 1. The summed E-state index contributed by atoms with van der Waals surface area (Å²) in [7, 11) is 3.83. The van der Waals surface area contributed by atoms with Gasteiger partial charge in [-0.2, -0.15) is 0 Å². The molecule has 0 bridgehead atoms. The van der Waals surface area contributed by atoms with Crippen LogP contribution in [0.1, 0.15) is 23.4 Å². The lowest BCUT2D eigenvalue weighted by Crippen LogP contribution is -2.26. The number of benzene rings is 1. The van der Waals surface area contributed by atoms with Gasteiger partial charge in [0.1, 0.15) is 29.4 Å². The third-order valence-electron chi connectivity index (χ3n) is 4.08. The van der Waals surface area contributed by atoms with E-state index in [1.165, 1.54) is 24.7 Å². The highest BCUT2D eigenvalue weighted by Gasteiger charge is 2.18. The van der Waals surface area contributed by atoms with E-state index in [0.29, 0.717) is 34.5 Å². The van der Waals surface area contributed by atoms with E-state index in [9.17, 15) is 9.50 Å². The van der Waals surface area contributed by atoms with Gasteiger partial charge < -0.3 is 21.1 Å². The van der Waals surface area contributed by atoms with Crippen LogP contribution in [-0.2, 0) is 0 Å². The van der Waals surface area contributed by atoms with Crippen LogP contribution in [0.4, 0.5) is 10.2 Å². The maximum absolute atomic E-state index is 14.0. The van der Waals surface area contributed by atoms with Crippen LogP contribution >= 0.6 is 11.6 Å². The Labute approximate surface area is 161 Å². The Hall–Kier alpha value is -2.39. The van der Waals surface area contributed by atoms with Gasteiger partial charge in [0, 0.05) is 18.3 Å². The normalized spacial score (nSPS) is 13.7. The number of hydrogen-bond acceptors (Lipinski definition) is 7. The van der Waals surface area contributed by atoms with Crippen molar-refractivity contribution in [3.8, 4) is 0 Å². The van der Waals surface area contributed by atoms with E-state index < -0.39 is 12.0 Å². The number of halogens is 2. The van der Waals surface area contributed by atoms with Crippen LogP contribution < -0.4 is 11.1 Å². The highest BCUT2D eigenvalue weighted by atomic mass is 35.5. The molecule has 0 amide bonds. The Morgan fingerprint density at radius 1 is 1.22 bits per heavy atom. The summed E-state index contributed by atoms with van der Waals surface area (Å²) >= 11 is 5.80. The van der Waals surface area contributed by atoms with Crippen molar-refractivity contribution in [1.82, 2.24) is 19.9 Å². The van der Waals surface area contributed by atoms with Crippen molar-refractivity contribution < 1.29 is 9.50 Å². The predicted octanol–water partition coefficient (Wildman–Crippen LogP) is 2.48. The summed E-state index contributed by atoms with van der Waals surface area (Å²) < 4.78 is 14.0. The van der Waals surface area contributed by atoms with Gasteiger partial charge in [-0.15, -0.1) is 0 Å². The maximum atomic E-state index is 14.0. The maximum Gasteiger partial charge on any atom is 0.156 e. The molecule has 4 N–H and O–H groups in total. The highest BCUT2D eigenvalue weighted by molar-refractivity contribution is 6.30. The van der Waals surface area contributed by atoms with Gasteiger partial charge >= 0.3 is 0 Å². The minimum absolute atomic E-state index is 0.0677. The minimum Gasteiger partial charge on any atom is -0.374 e. The van der Waals surface area contributed by atoms with Crippen molar-refractivity contribution in [1.29, 1.82) is 0 Å². The molecule has 0 radical (unpaired) electrons. The van der Waals surface area contributed by atoms with E-state index in [-0.39, 0.29) is 11.1 Å². The molecule has 7 nitrogen and oxygen atoms in total. The quantitative estimate of drug-likeness (QED) is 0.556. The molecule has 2 atom stereocenters. The molecule has 1 aromatic carbocycles. The zero-order valence-electron chi connectivity index (χ0n) is 14.9. The highest BCUT2D eigenvalue weighted by Crippen LogP contribution is 2.27. The second kappa shape index (κ2) is 8.10. The smallest absolute Gasteiger partial charge is 0.156 e. The van der Waals surface area contributed by atoms with E-state index in [2.05, 4.69) is 20.3 Å². The van der Waals surface area contributed by atoms with Gasteiger partial charge in [-0.05, 0) is 37.9 Å². The summed E-state index contributed by atoms with van der Waals surface area (Å²) in [5.74, 6) is -0.0244. The largest absolute Gasteiger partial charge is 0.374 e. The molecule has 0 saturated heterocycles. The van der Waals surface area contributed by atoms with Gasteiger partial charge in [-0.25, -0.2) is 14.4 Å². The van der Waals surface area contributed by atoms with E-state index in [0.717, 1.165) is 0 Å². The minimum atomic E-state index is -1.18. The van der Waals surface area contributed by atoms with Gasteiger partial charge in [0.25, 0.3) is 0 Å². The molecule has 0 spiro atoms. The van der Waals surface area contributed by atoms with Crippen LogP contribution in [0.25, 0.3) is 11.0 Å². The van der Waals surface area contributed by atoms with Crippen molar-refractivity contribution in [3.63, 3.8) is 0 Å². The fourth-order valence-electron chi connectivity index (χ4n) is 2.82. The average molecular weight is 391 g/mol. The van der Waals surface area contributed by atoms with Crippen LogP contribution in [0.3, 0.4) is 0 Å². The van der Waals surface area contributed by atoms with Crippen molar-refractivity contribution in [2.75, 3.05) is 26.0 Å². The molecule has 27 heavy (non-hydrogen) atoms. The number of fused-ring (bicyclic) bond motifs is 1. The van der Waals surface area contributed by atoms with E-state index in [4.69, 9.17) is 17.3 Å². The SMILES string of the molecule is CN(C)C[C@@H](Nc1ncnc2c(C(N)O)ccnc12)c1ccc(Cl)c(F)c1. The topological polar surface area (TPSA) is 100 Å². The Morgan fingerprint density at radius 3 is 2.67 bits per heavy atom. The number of nitrogens with one attached hydrogen (secondary N) is 1. The van der Waals surface area contributed by atoms with Crippen molar-refractivity contribution in [2.24, 2.45) is 5.73 Å². The number of likely N-dealkylation sites (N-methyl/N-ethyl adjacent to an activating group) is 1. The third-order valence-corrected chi connectivity index (χ3v) is 4.38. The molecule has 9 heteroatoms. The van der Waals surface area contributed by atoms with Crippen molar-refractivity contribution >= 4 is 28.5 Å². The van der Waals surface area contributed by atoms with Crippen LogP contribution in [0.15, 0.2) is 36.8 Å². The molecular weight excluding hydrogens is 371 g/mol. The third kappa shape index (κ3) is 4.30. The number of pyridine rings is 1. The molecule has 0 aliphatic carbocycles. The number of nitrogens with zero attached hydrogens (tertiary/aromatic N) is 4. The molecule has 3 rings (SSSR count). The predicted molar refractivity (Wildman–Crippen MR) is 103 cm³/mol. The lowest BCUT2D eigenvalue weighted by atomic mass is 10.1. The molecule has 142 valence electrons. The Balaban J connectivity index is 2.03. The molecule has 0 aliphatic rings. The standard InChI is InChI=1S/C18H20ClFN6O/c1-26(2)8-14(10-3-4-12(19)13(20)7-10)25-18-16-15(23-9-24-18)11(17(21)27)5-6-22-16/h3-7,9,14,17,27H,8,21H2,1-2H3,(H,23,24,25)/t14-,17?/m1/s1. The summed E-state index contributed by atoms with van der Waals surface area (Å²) in [4.78, 5) is 14.7. The summed E-state index contributed by atoms with van der Waals surface area (Å²) in [6.07, 6.45) is 1.72. The number of anilines is 1. The van der Waals surface area contributed by atoms with Gasteiger partial charge in [-0.3, -0.25) is 4.98 Å². The first-order valence-electron chi connectivity index (χ1n) is 8.26. The molecule has 0 saturated carbocycles.